The number of benzene rings is 1. The molecule has 2 aromatic rings. The number of aromatic nitrogens is 3. The van der Waals surface area contributed by atoms with E-state index >= 15 is 0 Å². The molecule has 0 aliphatic carbocycles. The van der Waals surface area contributed by atoms with Gasteiger partial charge >= 0.3 is 7.82 Å². The van der Waals surface area contributed by atoms with Gasteiger partial charge in [-0.1, -0.05) is 12.1 Å². The molecule has 5 atom stereocenters. The standard InChI is InChI=1S/C11H12N3O6P/c15-9-10-8(5-18-21(16,17)20-10)19-11(9)14-12-6-3-1-2-4-7(6)13-14/h1-4,8-11,15H,5H2,(H,16,17)/t8-,9-,10-,11-/m1/s1. The van der Waals surface area contributed by atoms with Crippen molar-refractivity contribution in [3.05, 3.63) is 24.3 Å². The Hall–Kier alpha value is -1.35. The van der Waals surface area contributed by atoms with Gasteiger partial charge in [0.05, 0.1) is 6.61 Å². The maximum atomic E-state index is 11.4. The van der Waals surface area contributed by atoms with Gasteiger partial charge in [0.15, 0.2) is 6.23 Å². The Bertz CT molecular complexity index is 703. The monoisotopic (exact) mass is 313 g/mol. The van der Waals surface area contributed by atoms with Crippen LogP contribution in [0, 0.1) is 0 Å². The lowest BCUT2D eigenvalue weighted by Crippen LogP contribution is -2.39. The van der Waals surface area contributed by atoms with Gasteiger partial charge in [-0.2, -0.15) is 15.0 Å². The SMILES string of the molecule is O=P1(O)OC[C@H]2O[C@@H](n3nc4ccccc4n3)[C@H](O)[C@@H]2O1. The molecule has 0 spiro atoms. The molecule has 0 radical (unpaired) electrons. The summed E-state index contributed by atoms with van der Waals surface area (Å²) < 4.78 is 26.6. The first-order valence-corrected chi connectivity index (χ1v) is 7.84. The molecule has 0 saturated carbocycles. The largest absolute Gasteiger partial charge is 0.472 e. The second kappa shape index (κ2) is 4.57. The highest BCUT2D eigenvalue weighted by Crippen LogP contribution is 2.52. The molecule has 1 unspecified atom stereocenters. The van der Waals surface area contributed by atoms with Gasteiger partial charge < -0.3 is 14.7 Å². The summed E-state index contributed by atoms with van der Waals surface area (Å²) in [6.07, 6.45) is -3.66. The van der Waals surface area contributed by atoms with Gasteiger partial charge in [-0.15, -0.1) is 0 Å². The van der Waals surface area contributed by atoms with Crippen LogP contribution < -0.4 is 0 Å². The summed E-state index contributed by atoms with van der Waals surface area (Å²) >= 11 is 0. The van der Waals surface area contributed by atoms with Crippen molar-refractivity contribution in [3.8, 4) is 0 Å². The summed E-state index contributed by atoms with van der Waals surface area (Å²) in [5.41, 5.74) is 1.32. The Labute approximate surface area is 118 Å². The number of phosphoric acid groups is 1. The minimum atomic E-state index is -4.13. The van der Waals surface area contributed by atoms with Crippen LogP contribution in [0.15, 0.2) is 24.3 Å². The zero-order chi connectivity index (χ0) is 14.6. The number of nitrogens with zero attached hydrogens (tertiary/aromatic N) is 3. The molecule has 2 N–H and O–H groups in total. The topological polar surface area (TPSA) is 116 Å². The van der Waals surface area contributed by atoms with E-state index in [0.717, 1.165) is 0 Å². The van der Waals surface area contributed by atoms with Crippen LogP contribution in [0.5, 0.6) is 0 Å². The van der Waals surface area contributed by atoms with Crippen molar-refractivity contribution in [2.24, 2.45) is 0 Å². The predicted molar refractivity (Wildman–Crippen MR) is 68.1 cm³/mol. The molecule has 21 heavy (non-hydrogen) atoms. The number of ether oxygens (including phenoxy) is 1. The van der Waals surface area contributed by atoms with E-state index in [-0.39, 0.29) is 6.61 Å². The van der Waals surface area contributed by atoms with Crippen molar-refractivity contribution >= 4 is 18.9 Å². The highest BCUT2D eigenvalue weighted by atomic mass is 31.2. The first-order valence-electron chi connectivity index (χ1n) is 6.34. The Morgan fingerprint density at radius 1 is 1.29 bits per heavy atom. The van der Waals surface area contributed by atoms with Crippen LogP contribution in [0.3, 0.4) is 0 Å². The van der Waals surface area contributed by atoms with Crippen molar-refractivity contribution in [1.29, 1.82) is 0 Å². The number of aliphatic hydroxyl groups excluding tert-OH is 1. The molecule has 112 valence electrons. The molecule has 2 saturated heterocycles. The van der Waals surface area contributed by atoms with Gasteiger partial charge in [0.2, 0.25) is 0 Å². The van der Waals surface area contributed by atoms with Crippen molar-refractivity contribution < 1.29 is 28.3 Å². The second-order valence-corrected chi connectivity index (χ2v) is 6.31. The van der Waals surface area contributed by atoms with Crippen LogP contribution in [0.4, 0.5) is 0 Å². The minimum absolute atomic E-state index is 0.132. The highest BCUT2D eigenvalue weighted by Gasteiger charge is 2.53. The molecule has 2 fully saturated rings. The van der Waals surface area contributed by atoms with Crippen LogP contribution >= 0.6 is 7.82 Å². The smallest absolute Gasteiger partial charge is 0.385 e. The van der Waals surface area contributed by atoms with Crippen LogP contribution in [-0.2, 0) is 18.3 Å². The lowest BCUT2D eigenvalue weighted by molar-refractivity contribution is -0.0746. The summed E-state index contributed by atoms with van der Waals surface area (Å²) in [6, 6.07) is 7.22. The fraction of sp³-hybridized carbons (Fsp3) is 0.455. The fourth-order valence-electron chi connectivity index (χ4n) is 2.52. The molecular formula is C11H12N3O6P. The third-order valence-electron chi connectivity index (χ3n) is 3.50. The average Bonchev–Trinajstić information content (AvgIpc) is 3.00. The van der Waals surface area contributed by atoms with E-state index in [1.807, 2.05) is 12.1 Å². The van der Waals surface area contributed by atoms with Gasteiger partial charge in [-0.25, -0.2) is 4.57 Å². The maximum absolute atomic E-state index is 11.4. The summed E-state index contributed by atoms with van der Waals surface area (Å²) in [4.78, 5) is 10.6. The molecule has 4 rings (SSSR count). The van der Waals surface area contributed by atoms with Crippen LogP contribution in [0.2, 0.25) is 0 Å². The first-order chi connectivity index (χ1) is 10.0. The number of aliphatic hydroxyl groups is 1. The van der Waals surface area contributed by atoms with Crippen molar-refractivity contribution in [2.45, 2.75) is 24.5 Å². The molecule has 10 heteroatoms. The van der Waals surface area contributed by atoms with Gasteiger partial charge in [0.25, 0.3) is 0 Å². The van der Waals surface area contributed by atoms with Crippen LogP contribution in [0.1, 0.15) is 6.23 Å². The molecule has 0 bridgehead atoms. The summed E-state index contributed by atoms with van der Waals surface area (Å²) in [6.45, 7) is -0.132. The number of hydrogen-bond acceptors (Lipinski definition) is 7. The van der Waals surface area contributed by atoms with Crippen molar-refractivity contribution in [3.63, 3.8) is 0 Å². The number of phosphoric ester groups is 1. The van der Waals surface area contributed by atoms with E-state index in [4.69, 9.17) is 9.26 Å². The maximum Gasteiger partial charge on any atom is 0.472 e. The fourth-order valence-corrected chi connectivity index (χ4v) is 3.48. The third kappa shape index (κ3) is 2.18. The van der Waals surface area contributed by atoms with Crippen LogP contribution in [-0.4, -0.2) is 49.9 Å². The molecule has 2 aliphatic heterocycles. The lowest BCUT2D eigenvalue weighted by atomic mass is 10.1. The quantitative estimate of drug-likeness (QED) is 0.718. The van der Waals surface area contributed by atoms with Crippen LogP contribution in [0.25, 0.3) is 11.0 Å². The third-order valence-corrected chi connectivity index (χ3v) is 4.48. The molecular weight excluding hydrogens is 301 g/mol. The zero-order valence-electron chi connectivity index (χ0n) is 10.6. The van der Waals surface area contributed by atoms with E-state index in [1.165, 1.54) is 4.80 Å². The molecule has 2 aliphatic rings. The van der Waals surface area contributed by atoms with Crippen molar-refractivity contribution in [2.75, 3.05) is 6.61 Å². The Balaban J connectivity index is 1.66. The Morgan fingerprint density at radius 2 is 1.95 bits per heavy atom. The number of rotatable bonds is 1. The first kappa shape index (κ1) is 13.3. The number of fused-ring (bicyclic) bond motifs is 2. The molecule has 1 aromatic heterocycles. The van der Waals surface area contributed by atoms with Gasteiger partial charge in [-0.05, 0) is 12.1 Å². The molecule has 3 heterocycles. The predicted octanol–water partition coefficient (Wildman–Crippen LogP) is 0.205. The second-order valence-electron chi connectivity index (χ2n) is 4.90. The average molecular weight is 313 g/mol. The summed E-state index contributed by atoms with van der Waals surface area (Å²) in [5, 5.41) is 18.7. The van der Waals surface area contributed by atoms with Gasteiger partial charge in [0.1, 0.15) is 29.3 Å². The Kier molecular flexibility index (Phi) is 2.90. The molecule has 9 nitrogen and oxygen atoms in total. The summed E-state index contributed by atoms with van der Waals surface area (Å²) in [5.74, 6) is 0. The molecule has 1 aromatic carbocycles. The van der Waals surface area contributed by atoms with E-state index in [2.05, 4.69) is 14.7 Å². The normalized spacial score (nSPS) is 39.5. The van der Waals surface area contributed by atoms with E-state index in [0.29, 0.717) is 11.0 Å². The van der Waals surface area contributed by atoms with Crippen molar-refractivity contribution in [1.82, 2.24) is 15.0 Å². The Morgan fingerprint density at radius 3 is 2.62 bits per heavy atom. The van der Waals surface area contributed by atoms with Gasteiger partial charge in [-0.3, -0.25) is 9.05 Å². The summed E-state index contributed by atoms with van der Waals surface area (Å²) in [7, 11) is -4.13. The highest BCUT2D eigenvalue weighted by molar-refractivity contribution is 7.47. The lowest BCUT2D eigenvalue weighted by Gasteiger charge is -2.27. The minimum Gasteiger partial charge on any atom is -0.385 e. The molecule has 0 amide bonds. The number of hydrogen-bond donors (Lipinski definition) is 2. The van der Waals surface area contributed by atoms with E-state index in [1.54, 1.807) is 12.1 Å². The van der Waals surface area contributed by atoms with E-state index in [9.17, 15) is 14.6 Å². The van der Waals surface area contributed by atoms with Gasteiger partial charge in [0, 0.05) is 0 Å². The van der Waals surface area contributed by atoms with E-state index < -0.39 is 32.4 Å². The zero-order valence-corrected chi connectivity index (χ0v) is 11.5.